The number of benzene rings is 1. The van der Waals surface area contributed by atoms with Gasteiger partial charge in [0.05, 0.1) is 0 Å². The summed E-state index contributed by atoms with van der Waals surface area (Å²) < 4.78 is 0. The lowest BCUT2D eigenvalue weighted by Crippen LogP contribution is -2.39. The van der Waals surface area contributed by atoms with Crippen molar-refractivity contribution in [2.24, 2.45) is 5.92 Å². The second-order valence-corrected chi connectivity index (χ2v) is 6.49. The van der Waals surface area contributed by atoms with Gasteiger partial charge >= 0.3 is 0 Å². The van der Waals surface area contributed by atoms with Crippen LogP contribution in [0.25, 0.3) is 0 Å². The highest BCUT2D eigenvalue weighted by Gasteiger charge is 2.22. The first-order valence-corrected chi connectivity index (χ1v) is 7.70. The number of rotatable bonds is 4. The minimum Gasteiger partial charge on any atom is -0.382 e. The van der Waals surface area contributed by atoms with Crippen molar-refractivity contribution < 1.29 is 0 Å². The smallest absolute Gasteiger partial charge is 0.0411 e. The standard InChI is InChI=1S/C17H29N3/c1-13-8-9-16(11-17(13)19(3)4)18-14(2)15-7-6-10-20(5)12-15/h8-9,11,14-15,18H,6-7,10,12H2,1-5H3. The summed E-state index contributed by atoms with van der Waals surface area (Å²) in [5.74, 6) is 0.748. The van der Waals surface area contributed by atoms with E-state index >= 15 is 0 Å². The van der Waals surface area contributed by atoms with Crippen molar-refractivity contribution in [2.45, 2.75) is 32.7 Å². The van der Waals surface area contributed by atoms with Crippen molar-refractivity contribution in [1.29, 1.82) is 0 Å². The van der Waals surface area contributed by atoms with Crippen molar-refractivity contribution in [1.82, 2.24) is 4.90 Å². The van der Waals surface area contributed by atoms with Crippen molar-refractivity contribution in [3.8, 4) is 0 Å². The zero-order valence-corrected chi connectivity index (χ0v) is 13.6. The summed E-state index contributed by atoms with van der Waals surface area (Å²) in [6.45, 7) is 6.94. The molecule has 0 radical (unpaired) electrons. The summed E-state index contributed by atoms with van der Waals surface area (Å²) in [5, 5.41) is 3.70. The Labute approximate surface area is 124 Å². The first kappa shape index (κ1) is 15.2. The van der Waals surface area contributed by atoms with Gasteiger partial charge in [-0.15, -0.1) is 0 Å². The molecule has 0 amide bonds. The highest BCUT2D eigenvalue weighted by molar-refractivity contribution is 5.62. The molecule has 0 aliphatic carbocycles. The summed E-state index contributed by atoms with van der Waals surface area (Å²) in [7, 11) is 6.44. The Morgan fingerprint density at radius 3 is 2.75 bits per heavy atom. The Morgan fingerprint density at radius 2 is 2.10 bits per heavy atom. The highest BCUT2D eigenvalue weighted by Crippen LogP contribution is 2.26. The van der Waals surface area contributed by atoms with E-state index in [2.05, 4.69) is 68.3 Å². The van der Waals surface area contributed by atoms with E-state index in [4.69, 9.17) is 0 Å². The summed E-state index contributed by atoms with van der Waals surface area (Å²) in [6.07, 6.45) is 2.66. The largest absolute Gasteiger partial charge is 0.382 e. The molecule has 2 rings (SSSR count). The number of likely N-dealkylation sites (tertiary alicyclic amines) is 1. The van der Waals surface area contributed by atoms with Gasteiger partial charge in [-0.3, -0.25) is 0 Å². The molecule has 2 unspecified atom stereocenters. The third-order valence-electron chi connectivity index (χ3n) is 4.45. The molecule has 1 fully saturated rings. The average Bonchev–Trinajstić information content (AvgIpc) is 2.40. The molecule has 1 aromatic carbocycles. The van der Waals surface area contributed by atoms with Gasteiger partial charge in [-0.2, -0.15) is 0 Å². The number of aryl methyl sites for hydroxylation is 1. The summed E-state index contributed by atoms with van der Waals surface area (Å²) >= 11 is 0. The molecular formula is C17H29N3. The van der Waals surface area contributed by atoms with Crippen LogP contribution in [0.5, 0.6) is 0 Å². The number of nitrogens with one attached hydrogen (secondary N) is 1. The number of nitrogens with zero attached hydrogens (tertiary/aromatic N) is 2. The van der Waals surface area contributed by atoms with Gasteiger partial charge in [-0.1, -0.05) is 6.07 Å². The molecule has 0 bridgehead atoms. The number of anilines is 2. The third kappa shape index (κ3) is 3.66. The lowest BCUT2D eigenvalue weighted by molar-refractivity contribution is 0.197. The fourth-order valence-corrected chi connectivity index (χ4v) is 3.18. The van der Waals surface area contributed by atoms with Crippen LogP contribution in [0.15, 0.2) is 18.2 Å². The topological polar surface area (TPSA) is 18.5 Å². The van der Waals surface area contributed by atoms with E-state index in [1.165, 1.54) is 42.9 Å². The number of hydrogen-bond donors (Lipinski definition) is 1. The molecule has 2 atom stereocenters. The van der Waals surface area contributed by atoms with Gasteiger partial charge < -0.3 is 15.1 Å². The molecule has 1 aliphatic heterocycles. The molecule has 3 heteroatoms. The van der Waals surface area contributed by atoms with E-state index < -0.39 is 0 Å². The number of hydrogen-bond acceptors (Lipinski definition) is 3. The number of piperidine rings is 1. The van der Waals surface area contributed by atoms with Crippen LogP contribution in [0.2, 0.25) is 0 Å². The highest BCUT2D eigenvalue weighted by atomic mass is 15.1. The Balaban J connectivity index is 2.03. The monoisotopic (exact) mass is 275 g/mol. The molecule has 1 N–H and O–H groups in total. The minimum atomic E-state index is 0.524. The first-order chi connectivity index (χ1) is 9.47. The Hall–Kier alpha value is -1.22. The van der Waals surface area contributed by atoms with Gasteiger partial charge in [-0.05, 0) is 63.9 Å². The summed E-state index contributed by atoms with van der Waals surface area (Å²) in [5.41, 5.74) is 3.86. The van der Waals surface area contributed by atoms with Gasteiger partial charge in [0.1, 0.15) is 0 Å². The molecule has 112 valence electrons. The molecule has 3 nitrogen and oxygen atoms in total. The predicted molar refractivity (Wildman–Crippen MR) is 88.8 cm³/mol. The SMILES string of the molecule is Cc1ccc(NC(C)C2CCCN(C)C2)cc1N(C)C. The van der Waals surface area contributed by atoms with Gasteiger partial charge in [0.2, 0.25) is 0 Å². The van der Waals surface area contributed by atoms with Gasteiger partial charge in [-0.25, -0.2) is 0 Å². The molecule has 20 heavy (non-hydrogen) atoms. The van der Waals surface area contributed by atoms with Crippen LogP contribution in [0.3, 0.4) is 0 Å². The lowest BCUT2D eigenvalue weighted by Gasteiger charge is -2.34. The van der Waals surface area contributed by atoms with Crippen molar-refractivity contribution in [3.63, 3.8) is 0 Å². The average molecular weight is 275 g/mol. The first-order valence-electron chi connectivity index (χ1n) is 7.70. The van der Waals surface area contributed by atoms with Crippen LogP contribution >= 0.6 is 0 Å². The predicted octanol–water partition coefficient (Wildman–Crippen LogP) is 3.20. The Kier molecular flexibility index (Phi) is 4.92. The normalized spacial score (nSPS) is 21.6. The van der Waals surface area contributed by atoms with E-state index in [0.717, 1.165) is 5.92 Å². The van der Waals surface area contributed by atoms with Crippen LogP contribution in [-0.4, -0.2) is 45.2 Å². The summed E-state index contributed by atoms with van der Waals surface area (Å²) in [6, 6.07) is 7.19. The van der Waals surface area contributed by atoms with Crippen LogP contribution in [0.4, 0.5) is 11.4 Å². The van der Waals surface area contributed by atoms with Gasteiger partial charge in [0.25, 0.3) is 0 Å². The van der Waals surface area contributed by atoms with E-state index in [1.54, 1.807) is 0 Å². The van der Waals surface area contributed by atoms with E-state index in [-0.39, 0.29) is 0 Å². The molecule has 0 saturated carbocycles. The molecule has 1 aromatic rings. The van der Waals surface area contributed by atoms with Crippen molar-refractivity contribution in [3.05, 3.63) is 23.8 Å². The molecule has 1 saturated heterocycles. The van der Waals surface area contributed by atoms with Crippen LogP contribution in [-0.2, 0) is 0 Å². The molecule has 0 spiro atoms. The van der Waals surface area contributed by atoms with Crippen molar-refractivity contribution >= 4 is 11.4 Å². The van der Waals surface area contributed by atoms with E-state index in [9.17, 15) is 0 Å². The Bertz CT molecular complexity index is 442. The van der Waals surface area contributed by atoms with Crippen molar-refractivity contribution in [2.75, 3.05) is 44.4 Å². The minimum absolute atomic E-state index is 0.524. The zero-order chi connectivity index (χ0) is 14.7. The molecular weight excluding hydrogens is 246 g/mol. The Morgan fingerprint density at radius 1 is 1.35 bits per heavy atom. The second-order valence-electron chi connectivity index (χ2n) is 6.49. The quantitative estimate of drug-likeness (QED) is 0.910. The van der Waals surface area contributed by atoms with Gasteiger partial charge in [0.15, 0.2) is 0 Å². The second kappa shape index (κ2) is 6.49. The zero-order valence-electron chi connectivity index (χ0n) is 13.6. The summed E-state index contributed by atoms with van der Waals surface area (Å²) in [4.78, 5) is 4.63. The van der Waals surface area contributed by atoms with E-state index in [1.807, 2.05) is 0 Å². The van der Waals surface area contributed by atoms with Crippen LogP contribution in [0, 0.1) is 12.8 Å². The maximum Gasteiger partial charge on any atom is 0.0411 e. The van der Waals surface area contributed by atoms with Crippen LogP contribution < -0.4 is 10.2 Å². The maximum absolute atomic E-state index is 3.70. The molecule has 1 heterocycles. The fourth-order valence-electron chi connectivity index (χ4n) is 3.18. The molecule has 0 aromatic heterocycles. The van der Waals surface area contributed by atoms with Gasteiger partial charge in [0, 0.05) is 38.1 Å². The maximum atomic E-state index is 3.70. The molecule has 1 aliphatic rings. The fraction of sp³-hybridized carbons (Fsp3) is 0.647. The van der Waals surface area contributed by atoms with Crippen LogP contribution in [0.1, 0.15) is 25.3 Å². The third-order valence-corrected chi connectivity index (χ3v) is 4.45. The lowest BCUT2D eigenvalue weighted by atomic mass is 9.91. The van der Waals surface area contributed by atoms with E-state index in [0.29, 0.717) is 6.04 Å².